The van der Waals surface area contributed by atoms with Crippen LogP contribution in [0.5, 0.6) is 0 Å². The molecule has 0 aliphatic carbocycles. The Morgan fingerprint density at radius 3 is 2.54 bits per heavy atom. The molecule has 0 radical (unpaired) electrons. The number of nitrogens with zero attached hydrogens (tertiary/aromatic N) is 1. The van der Waals surface area contributed by atoms with E-state index in [1.165, 1.54) is 29.5 Å². The number of nitrogens with one attached hydrogen (secondary N) is 2. The second-order valence-corrected chi connectivity index (χ2v) is 8.03. The van der Waals surface area contributed by atoms with Crippen LogP contribution in [-0.2, 0) is 10.0 Å². The molecule has 1 heterocycles. The Bertz CT molecular complexity index is 1040. The van der Waals surface area contributed by atoms with Gasteiger partial charge in [0.1, 0.15) is 5.82 Å². The van der Waals surface area contributed by atoms with E-state index in [1.54, 1.807) is 11.6 Å². The average molecular weight is 412 g/mol. The quantitative estimate of drug-likeness (QED) is 0.664. The number of aromatic nitrogens is 1. The van der Waals surface area contributed by atoms with E-state index in [0.717, 1.165) is 24.3 Å². The zero-order valence-corrected chi connectivity index (χ0v) is 15.3. The predicted molar refractivity (Wildman–Crippen MR) is 98.7 cm³/mol. The molecular weight excluding hydrogens is 401 g/mol. The lowest BCUT2D eigenvalue weighted by Crippen LogP contribution is -2.15. The van der Waals surface area contributed by atoms with Gasteiger partial charge in [0.2, 0.25) is 0 Å². The van der Waals surface area contributed by atoms with Crippen LogP contribution in [0.3, 0.4) is 0 Å². The maximum absolute atomic E-state index is 13.0. The van der Waals surface area contributed by atoms with E-state index < -0.39 is 21.7 Å². The number of carbonyl (C=O) groups excluding carboxylic acids is 1. The standard InChI is InChI=1S/C16H11ClFN3O3S2/c17-13-6-1-10(15(22)20-16-19-7-8-25-16)9-14(13)21-26(23,24)12-4-2-11(18)3-5-12/h1-9,21H,(H,19,20,22). The van der Waals surface area contributed by atoms with E-state index >= 15 is 0 Å². The van der Waals surface area contributed by atoms with E-state index in [9.17, 15) is 17.6 Å². The Morgan fingerprint density at radius 1 is 1.15 bits per heavy atom. The molecule has 134 valence electrons. The number of benzene rings is 2. The summed E-state index contributed by atoms with van der Waals surface area (Å²) in [6.07, 6.45) is 1.55. The minimum atomic E-state index is -3.99. The molecule has 1 aromatic heterocycles. The molecule has 0 aliphatic rings. The van der Waals surface area contributed by atoms with Gasteiger partial charge < -0.3 is 0 Å². The maximum Gasteiger partial charge on any atom is 0.261 e. The average Bonchev–Trinajstić information content (AvgIpc) is 3.10. The first-order valence-corrected chi connectivity index (χ1v) is 9.88. The summed E-state index contributed by atoms with van der Waals surface area (Å²) in [7, 11) is -3.99. The van der Waals surface area contributed by atoms with Crippen molar-refractivity contribution in [2.24, 2.45) is 0 Å². The topological polar surface area (TPSA) is 88.2 Å². The van der Waals surface area contributed by atoms with E-state index in [2.05, 4.69) is 15.0 Å². The molecule has 2 N–H and O–H groups in total. The summed E-state index contributed by atoms with van der Waals surface area (Å²) in [4.78, 5) is 16.1. The Labute approximate surface area is 157 Å². The van der Waals surface area contributed by atoms with Crippen molar-refractivity contribution < 1.29 is 17.6 Å². The molecule has 3 rings (SSSR count). The molecule has 1 amide bonds. The van der Waals surface area contributed by atoms with Gasteiger partial charge in [0, 0.05) is 17.1 Å². The van der Waals surface area contributed by atoms with Crippen LogP contribution in [0, 0.1) is 5.82 Å². The van der Waals surface area contributed by atoms with Gasteiger partial charge in [0.25, 0.3) is 15.9 Å². The van der Waals surface area contributed by atoms with Gasteiger partial charge in [-0.25, -0.2) is 17.8 Å². The number of thiazole rings is 1. The molecule has 10 heteroatoms. The Morgan fingerprint density at radius 2 is 1.88 bits per heavy atom. The van der Waals surface area contributed by atoms with Crippen molar-refractivity contribution in [1.29, 1.82) is 0 Å². The lowest BCUT2D eigenvalue weighted by molar-refractivity contribution is 0.102. The third-order valence-corrected chi connectivity index (χ3v) is 5.65. The van der Waals surface area contributed by atoms with Crippen molar-refractivity contribution >= 4 is 49.7 Å². The molecule has 0 saturated heterocycles. The van der Waals surface area contributed by atoms with Crippen molar-refractivity contribution in [1.82, 2.24) is 4.98 Å². The summed E-state index contributed by atoms with van der Waals surface area (Å²) in [5.74, 6) is -1.01. The van der Waals surface area contributed by atoms with Crippen LogP contribution in [0.1, 0.15) is 10.4 Å². The number of halogens is 2. The zero-order chi connectivity index (χ0) is 18.7. The lowest BCUT2D eigenvalue weighted by atomic mass is 10.2. The largest absolute Gasteiger partial charge is 0.298 e. The first kappa shape index (κ1) is 18.3. The molecule has 0 spiro atoms. The third-order valence-electron chi connectivity index (χ3n) is 3.25. The first-order chi connectivity index (χ1) is 12.3. The van der Waals surface area contributed by atoms with Crippen LogP contribution in [0.15, 0.2) is 58.9 Å². The van der Waals surface area contributed by atoms with Gasteiger partial charge in [-0.15, -0.1) is 11.3 Å². The van der Waals surface area contributed by atoms with Crippen molar-refractivity contribution in [3.05, 3.63) is 70.4 Å². The predicted octanol–water partition coefficient (Wildman–Crippen LogP) is 3.99. The Kier molecular flexibility index (Phi) is 5.21. The molecule has 6 nitrogen and oxygen atoms in total. The van der Waals surface area contributed by atoms with Crippen LogP contribution >= 0.6 is 22.9 Å². The lowest BCUT2D eigenvalue weighted by Gasteiger charge is -2.11. The zero-order valence-electron chi connectivity index (χ0n) is 12.9. The highest BCUT2D eigenvalue weighted by Gasteiger charge is 2.17. The molecule has 0 aliphatic heterocycles. The van der Waals surface area contributed by atoms with Crippen LogP contribution in [0.25, 0.3) is 0 Å². The summed E-state index contributed by atoms with van der Waals surface area (Å²) in [5, 5.41) is 4.83. The van der Waals surface area contributed by atoms with Crippen molar-refractivity contribution in [3.63, 3.8) is 0 Å². The number of hydrogen-bond acceptors (Lipinski definition) is 5. The van der Waals surface area contributed by atoms with Gasteiger partial charge in [-0.3, -0.25) is 14.8 Å². The summed E-state index contributed by atoms with van der Waals surface area (Å²) >= 11 is 7.28. The molecule has 0 saturated carbocycles. The van der Waals surface area contributed by atoms with Gasteiger partial charge >= 0.3 is 0 Å². The molecule has 3 aromatic rings. The molecule has 0 bridgehead atoms. The van der Waals surface area contributed by atoms with E-state index in [4.69, 9.17) is 11.6 Å². The molecular formula is C16H11ClFN3O3S2. The van der Waals surface area contributed by atoms with Gasteiger partial charge in [-0.05, 0) is 42.5 Å². The Balaban J connectivity index is 1.85. The van der Waals surface area contributed by atoms with Crippen LogP contribution in [0.2, 0.25) is 5.02 Å². The number of rotatable bonds is 5. The van der Waals surface area contributed by atoms with E-state index in [1.807, 2.05) is 0 Å². The molecule has 26 heavy (non-hydrogen) atoms. The van der Waals surface area contributed by atoms with Gasteiger partial charge in [0.15, 0.2) is 5.13 Å². The summed E-state index contributed by atoms with van der Waals surface area (Å²) in [6, 6.07) is 8.51. The van der Waals surface area contributed by atoms with Crippen molar-refractivity contribution in [2.75, 3.05) is 10.0 Å². The highest BCUT2D eigenvalue weighted by atomic mass is 35.5. The first-order valence-electron chi connectivity index (χ1n) is 7.14. The summed E-state index contributed by atoms with van der Waals surface area (Å²) < 4.78 is 40.1. The van der Waals surface area contributed by atoms with Gasteiger partial charge in [-0.1, -0.05) is 11.6 Å². The molecule has 0 unspecified atom stereocenters. The van der Waals surface area contributed by atoms with Crippen molar-refractivity contribution in [2.45, 2.75) is 4.90 Å². The fourth-order valence-electron chi connectivity index (χ4n) is 2.02. The smallest absolute Gasteiger partial charge is 0.261 e. The maximum atomic E-state index is 13.0. The number of sulfonamides is 1. The second-order valence-electron chi connectivity index (χ2n) is 5.05. The fourth-order valence-corrected chi connectivity index (χ4v) is 3.83. The fraction of sp³-hybridized carbons (Fsp3) is 0. The van der Waals surface area contributed by atoms with Crippen LogP contribution in [0.4, 0.5) is 15.2 Å². The molecule has 2 aromatic carbocycles. The van der Waals surface area contributed by atoms with E-state index in [-0.39, 0.29) is 21.2 Å². The summed E-state index contributed by atoms with van der Waals surface area (Å²) in [5.41, 5.74) is 0.226. The minimum Gasteiger partial charge on any atom is -0.298 e. The normalized spacial score (nSPS) is 11.2. The molecule has 0 atom stereocenters. The number of carbonyl (C=O) groups is 1. The Hall–Kier alpha value is -2.49. The van der Waals surface area contributed by atoms with Crippen molar-refractivity contribution in [3.8, 4) is 0 Å². The SMILES string of the molecule is O=C(Nc1nccs1)c1ccc(Cl)c(NS(=O)(=O)c2ccc(F)cc2)c1. The highest BCUT2D eigenvalue weighted by molar-refractivity contribution is 7.92. The molecule has 0 fully saturated rings. The van der Waals surface area contributed by atoms with Crippen LogP contribution in [-0.4, -0.2) is 19.3 Å². The number of hydrogen-bond donors (Lipinski definition) is 2. The van der Waals surface area contributed by atoms with E-state index in [0.29, 0.717) is 5.13 Å². The van der Waals surface area contributed by atoms with Crippen LogP contribution < -0.4 is 10.0 Å². The third kappa shape index (κ3) is 4.18. The monoisotopic (exact) mass is 411 g/mol. The number of anilines is 2. The van der Waals surface area contributed by atoms with Gasteiger partial charge in [-0.2, -0.15) is 0 Å². The van der Waals surface area contributed by atoms with Gasteiger partial charge in [0.05, 0.1) is 15.6 Å². The second kappa shape index (κ2) is 7.40. The minimum absolute atomic E-state index is 0.0304. The number of amides is 1. The summed E-state index contributed by atoms with van der Waals surface area (Å²) in [6.45, 7) is 0. The highest BCUT2D eigenvalue weighted by Crippen LogP contribution is 2.26.